The van der Waals surface area contributed by atoms with E-state index in [1.165, 1.54) is 0 Å². The number of hydrogen-bond acceptors (Lipinski definition) is 3. The minimum atomic E-state index is -0.303. The fourth-order valence-corrected chi connectivity index (χ4v) is 2.10. The molecule has 0 unspecified atom stereocenters. The average molecular weight is 273 g/mol. The minimum Gasteiger partial charge on any atom is -0.399 e. The summed E-state index contributed by atoms with van der Waals surface area (Å²) in [5.41, 5.74) is 7.08. The highest BCUT2D eigenvalue weighted by Gasteiger charge is 2.51. The Morgan fingerprint density at radius 2 is 1.80 bits per heavy atom. The second-order valence-electron chi connectivity index (χ2n) is 6.24. The molecule has 3 nitrogen and oxygen atoms in total. The summed E-state index contributed by atoms with van der Waals surface area (Å²) in [6.07, 6.45) is 5.06. The van der Waals surface area contributed by atoms with Crippen molar-refractivity contribution in [2.24, 2.45) is 5.73 Å². The van der Waals surface area contributed by atoms with E-state index in [2.05, 4.69) is 52.0 Å². The van der Waals surface area contributed by atoms with E-state index in [0.717, 1.165) is 17.4 Å². The van der Waals surface area contributed by atoms with Crippen molar-refractivity contribution in [3.63, 3.8) is 0 Å². The van der Waals surface area contributed by atoms with E-state index in [0.29, 0.717) is 6.54 Å². The normalized spacial score (nSPS) is 20.8. The van der Waals surface area contributed by atoms with Gasteiger partial charge in [0, 0.05) is 0 Å². The van der Waals surface area contributed by atoms with Crippen LogP contribution in [0.25, 0.3) is 6.08 Å². The first-order valence-corrected chi connectivity index (χ1v) is 7.18. The van der Waals surface area contributed by atoms with Gasteiger partial charge in [-0.05, 0) is 51.7 Å². The molecule has 1 aliphatic rings. The zero-order valence-electron chi connectivity index (χ0n) is 12.8. The third kappa shape index (κ3) is 3.14. The molecule has 1 aliphatic heterocycles. The van der Waals surface area contributed by atoms with Gasteiger partial charge in [0.15, 0.2) is 0 Å². The Kier molecular flexibility index (Phi) is 4.38. The molecule has 4 heteroatoms. The fraction of sp³-hybridized carbons (Fsp3) is 0.500. The van der Waals surface area contributed by atoms with Gasteiger partial charge < -0.3 is 15.0 Å². The van der Waals surface area contributed by atoms with E-state index >= 15 is 0 Å². The van der Waals surface area contributed by atoms with E-state index in [-0.39, 0.29) is 18.3 Å². The molecule has 0 atom stereocenters. The van der Waals surface area contributed by atoms with Gasteiger partial charge in [0.1, 0.15) is 0 Å². The van der Waals surface area contributed by atoms with Crippen LogP contribution < -0.4 is 11.2 Å². The maximum absolute atomic E-state index is 6.06. The molecule has 2 N–H and O–H groups in total. The van der Waals surface area contributed by atoms with Crippen LogP contribution in [0.1, 0.15) is 39.7 Å². The second-order valence-corrected chi connectivity index (χ2v) is 6.24. The van der Waals surface area contributed by atoms with Crippen LogP contribution in [0.5, 0.6) is 0 Å². The predicted molar refractivity (Wildman–Crippen MR) is 84.9 cm³/mol. The molecule has 0 saturated carbocycles. The molecule has 0 radical (unpaired) electrons. The van der Waals surface area contributed by atoms with Gasteiger partial charge in [0.2, 0.25) is 0 Å². The van der Waals surface area contributed by atoms with Gasteiger partial charge in [-0.3, -0.25) is 0 Å². The molecule has 1 heterocycles. The quantitative estimate of drug-likeness (QED) is 0.856. The van der Waals surface area contributed by atoms with E-state index < -0.39 is 0 Å². The Balaban J connectivity index is 2.17. The highest BCUT2D eigenvalue weighted by atomic mass is 16.7. The minimum absolute atomic E-state index is 0.303. The van der Waals surface area contributed by atoms with Crippen LogP contribution in [0.4, 0.5) is 0 Å². The van der Waals surface area contributed by atoms with Crippen molar-refractivity contribution in [2.75, 3.05) is 6.54 Å². The molecule has 2 rings (SSSR count). The highest BCUT2D eigenvalue weighted by Crippen LogP contribution is 2.36. The fourth-order valence-electron chi connectivity index (χ4n) is 2.10. The Hall–Kier alpha value is -1.10. The number of nitrogens with two attached hydrogens (primary N) is 1. The van der Waals surface area contributed by atoms with Crippen molar-refractivity contribution >= 4 is 18.7 Å². The summed E-state index contributed by atoms with van der Waals surface area (Å²) in [7, 11) is -0.303. The van der Waals surface area contributed by atoms with Crippen LogP contribution in [0.2, 0.25) is 0 Å². The lowest BCUT2D eigenvalue weighted by Crippen LogP contribution is -2.41. The summed E-state index contributed by atoms with van der Waals surface area (Å²) >= 11 is 0. The summed E-state index contributed by atoms with van der Waals surface area (Å²) < 4.78 is 12.1. The Labute approximate surface area is 122 Å². The van der Waals surface area contributed by atoms with Crippen LogP contribution in [0.15, 0.2) is 30.3 Å². The summed E-state index contributed by atoms with van der Waals surface area (Å²) in [6, 6.07) is 8.25. The van der Waals surface area contributed by atoms with Crippen LogP contribution in [-0.4, -0.2) is 24.9 Å². The van der Waals surface area contributed by atoms with E-state index in [4.69, 9.17) is 15.0 Å². The molecule has 1 aromatic carbocycles. The monoisotopic (exact) mass is 273 g/mol. The van der Waals surface area contributed by atoms with E-state index in [1.807, 2.05) is 12.1 Å². The highest BCUT2D eigenvalue weighted by molar-refractivity contribution is 6.62. The first kappa shape index (κ1) is 15.3. The van der Waals surface area contributed by atoms with Crippen LogP contribution >= 0.6 is 0 Å². The van der Waals surface area contributed by atoms with Crippen molar-refractivity contribution < 1.29 is 9.31 Å². The predicted octanol–water partition coefficient (Wildman–Crippen LogP) is 2.35. The molecule has 0 amide bonds. The standard InChI is InChI=1S/C16H24BNO2/c1-15(2)16(3,4)20-17(19-15)14-10-7-9-13(12-14)8-5-6-11-18/h5,7-10,12H,6,11,18H2,1-4H3. The largest absolute Gasteiger partial charge is 0.494 e. The third-order valence-corrected chi connectivity index (χ3v) is 4.08. The Morgan fingerprint density at radius 3 is 2.40 bits per heavy atom. The summed E-state index contributed by atoms with van der Waals surface area (Å²) in [5, 5.41) is 0. The average Bonchev–Trinajstić information content (AvgIpc) is 2.59. The topological polar surface area (TPSA) is 44.5 Å². The van der Waals surface area contributed by atoms with Crippen LogP contribution in [0.3, 0.4) is 0 Å². The van der Waals surface area contributed by atoms with Crippen molar-refractivity contribution in [3.8, 4) is 0 Å². The van der Waals surface area contributed by atoms with Crippen molar-refractivity contribution in [2.45, 2.75) is 45.3 Å². The molecular weight excluding hydrogens is 249 g/mol. The second kappa shape index (κ2) is 5.72. The van der Waals surface area contributed by atoms with Gasteiger partial charge in [-0.25, -0.2) is 0 Å². The lowest BCUT2D eigenvalue weighted by molar-refractivity contribution is 0.00578. The van der Waals surface area contributed by atoms with Gasteiger partial charge in [0.25, 0.3) is 0 Å². The van der Waals surface area contributed by atoms with E-state index in [1.54, 1.807) is 0 Å². The maximum atomic E-state index is 6.06. The number of rotatable bonds is 4. The SMILES string of the molecule is CC1(C)OB(c2cccc(C=CCCN)c2)OC1(C)C. The lowest BCUT2D eigenvalue weighted by Gasteiger charge is -2.32. The first-order chi connectivity index (χ1) is 9.36. The van der Waals surface area contributed by atoms with E-state index in [9.17, 15) is 0 Å². The van der Waals surface area contributed by atoms with Gasteiger partial charge in [-0.2, -0.15) is 0 Å². The summed E-state index contributed by atoms with van der Waals surface area (Å²) in [5.74, 6) is 0. The first-order valence-electron chi connectivity index (χ1n) is 7.18. The molecule has 1 fully saturated rings. The van der Waals surface area contributed by atoms with Crippen LogP contribution in [-0.2, 0) is 9.31 Å². The zero-order chi connectivity index (χ0) is 14.8. The van der Waals surface area contributed by atoms with Gasteiger partial charge >= 0.3 is 7.12 Å². The zero-order valence-corrected chi connectivity index (χ0v) is 12.8. The van der Waals surface area contributed by atoms with Crippen molar-refractivity contribution in [1.29, 1.82) is 0 Å². The van der Waals surface area contributed by atoms with Gasteiger partial charge in [-0.1, -0.05) is 36.4 Å². The molecule has 20 heavy (non-hydrogen) atoms. The molecule has 1 saturated heterocycles. The molecule has 0 aromatic heterocycles. The molecule has 108 valence electrons. The third-order valence-electron chi connectivity index (χ3n) is 4.08. The molecule has 0 aliphatic carbocycles. The molecule has 0 bridgehead atoms. The maximum Gasteiger partial charge on any atom is 0.494 e. The van der Waals surface area contributed by atoms with Crippen molar-refractivity contribution in [3.05, 3.63) is 35.9 Å². The Bertz CT molecular complexity index is 481. The summed E-state index contributed by atoms with van der Waals surface area (Å²) in [4.78, 5) is 0. The van der Waals surface area contributed by atoms with Gasteiger partial charge in [0.05, 0.1) is 11.2 Å². The molecular formula is C16H24BNO2. The molecule has 0 spiro atoms. The number of hydrogen-bond donors (Lipinski definition) is 1. The van der Waals surface area contributed by atoms with Crippen molar-refractivity contribution in [1.82, 2.24) is 0 Å². The smallest absolute Gasteiger partial charge is 0.399 e. The number of benzene rings is 1. The molecule has 1 aromatic rings. The summed E-state index contributed by atoms with van der Waals surface area (Å²) in [6.45, 7) is 8.94. The Morgan fingerprint density at radius 1 is 1.15 bits per heavy atom. The van der Waals surface area contributed by atoms with Crippen LogP contribution in [0, 0.1) is 0 Å². The lowest BCUT2D eigenvalue weighted by atomic mass is 9.78. The van der Waals surface area contributed by atoms with Gasteiger partial charge in [-0.15, -0.1) is 0 Å².